The molecule has 166 valence electrons. The summed E-state index contributed by atoms with van der Waals surface area (Å²) in [5.74, 6) is 0.00842. The number of carbonyl (C=O) groups excluding carboxylic acids is 2. The van der Waals surface area contributed by atoms with E-state index in [0.717, 1.165) is 31.0 Å². The van der Waals surface area contributed by atoms with Gasteiger partial charge in [0, 0.05) is 43.3 Å². The van der Waals surface area contributed by atoms with Crippen molar-refractivity contribution >= 4 is 29.4 Å². The lowest BCUT2D eigenvalue weighted by atomic mass is 10.1. The molecule has 31 heavy (non-hydrogen) atoms. The fourth-order valence-electron chi connectivity index (χ4n) is 3.73. The SMILES string of the molecule is CCCC(NC(=O)Nc1ccc(SC)cc1)C(=O)N1CCN(Cc2ccccc2)CC1. The zero-order valence-corrected chi connectivity index (χ0v) is 19.2. The van der Waals surface area contributed by atoms with Gasteiger partial charge in [-0.2, -0.15) is 0 Å². The van der Waals surface area contributed by atoms with Gasteiger partial charge in [0.1, 0.15) is 6.04 Å². The molecule has 7 heteroatoms. The average Bonchev–Trinajstić information content (AvgIpc) is 2.80. The lowest BCUT2D eigenvalue weighted by molar-refractivity contribution is -0.135. The van der Waals surface area contributed by atoms with Gasteiger partial charge in [-0.15, -0.1) is 11.8 Å². The fraction of sp³-hybridized carbons (Fsp3) is 0.417. The molecular weight excluding hydrogens is 408 g/mol. The molecule has 0 radical (unpaired) electrons. The molecule has 1 unspecified atom stereocenters. The van der Waals surface area contributed by atoms with Crippen LogP contribution in [-0.4, -0.2) is 60.2 Å². The third-order valence-electron chi connectivity index (χ3n) is 5.46. The summed E-state index contributed by atoms with van der Waals surface area (Å²) in [5, 5.41) is 5.72. The number of amides is 3. The predicted octanol–water partition coefficient (Wildman–Crippen LogP) is 4.04. The largest absolute Gasteiger partial charge is 0.338 e. The highest BCUT2D eigenvalue weighted by Gasteiger charge is 2.28. The Kier molecular flexibility index (Phi) is 8.79. The van der Waals surface area contributed by atoms with E-state index in [2.05, 4.69) is 39.8 Å². The van der Waals surface area contributed by atoms with Gasteiger partial charge in [-0.05, 0) is 42.5 Å². The predicted molar refractivity (Wildman–Crippen MR) is 127 cm³/mol. The summed E-state index contributed by atoms with van der Waals surface area (Å²) < 4.78 is 0. The van der Waals surface area contributed by atoms with Crippen LogP contribution >= 0.6 is 11.8 Å². The molecule has 3 amide bonds. The Bertz CT molecular complexity index is 836. The minimum atomic E-state index is -0.504. The minimum absolute atomic E-state index is 0.00842. The number of hydrogen-bond acceptors (Lipinski definition) is 4. The molecule has 2 aromatic rings. The number of carbonyl (C=O) groups is 2. The summed E-state index contributed by atoms with van der Waals surface area (Å²) in [4.78, 5) is 31.0. The molecule has 1 heterocycles. The second-order valence-electron chi connectivity index (χ2n) is 7.76. The second-order valence-corrected chi connectivity index (χ2v) is 8.63. The molecule has 0 bridgehead atoms. The Morgan fingerprint density at radius 2 is 1.68 bits per heavy atom. The number of anilines is 1. The van der Waals surface area contributed by atoms with Crippen LogP contribution in [0, 0.1) is 0 Å². The third-order valence-corrected chi connectivity index (χ3v) is 6.21. The number of hydrogen-bond donors (Lipinski definition) is 2. The van der Waals surface area contributed by atoms with E-state index in [4.69, 9.17) is 0 Å². The van der Waals surface area contributed by atoms with E-state index in [1.807, 2.05) is 48.4 Å². The number of benzene rings is 2. The van der Waals surface area contributed by atoms with Crippen molar-refractivity contribution in [3.63, 3.8) is 0 Å². The molecule has 0 saturated carbocycles. The number of rotatable bonds is 8. The van der Waals surface area contributed by atoms with Crippen LogP contribution in [-0.2, 0) is 11.3 Å². The zero-order valence-electron chi connectivity index (χ0n) is 18.3. The molecule has 2 aromatic carbocycles. The summed E-state index contributed by atoms with van der Waals surface area (Å²) in [7, 11) is 0. The molecule has 3 rings (SSSR count). The van der Waals surface area contributed by atoms with Gasteiger partial charge in [0.25, 0.3) is 0 Å². The second kappa shape index (κ2) is 11.8. The van der Waals surface area contributed by atoms with E-state index in [1.165, 1.54) is 5.56 Å². The van der Waals surface area contributed by atoms with Crippen LogP contribution in [0.1, 0.15) is 25.3 Å². The van der Waals surface area contributed by atoms with Gasteiger partial charge in [0.15, 0.2) is 0 Å². The van der Waals surface area contributed by atoms with E-state index < -0.39 is 6.04 Å². The van der Waals surface area contributed by atoms with Crippen LogP contribution in [0.25, 0.3) is 0 Å². The van der Waals surface area contributed by atoms with Crippen molar-refractivity contribution < 1.29 is 9.59 Å². The quantitative estimate of drug-likeness (QED) is 0.608. The van der Waals surface area contributed by atoms with Crippen molar-refractivity contribution in [2.75, 3.05) is 37.8 Å². The van der Waals surface area contributed by atoms with Gasteiger partial charge >= 0.3 is 6.03 Å². The van der Waals surface area contributed by atoms with E-state index in [1.54, 1.807) is 11.8 Å². The van der Waals surface area contributed by atoms with Crippen molar-refractivity contribution in [1.82, 2.24) is 15.1 Å². The first-order chi connectivity index (χ1) is 15.1. The van der Waals surface area contributed by atoms with Gasteiger partial charge in [0.05, 0.1) is 0 Å². The molecule has 1 aliphatic heterocycles. The highest BCUT2D eigenvalue weighted by molar-refractivity contribution is 7.98. The maximum absolute atomic E-state index is 13.1. The van der Waals surface area contributed by atoms with Crippen molar-refractivity contribution in [2.45, 2.75) is 37.2 Å². The van der Waals surface area contributed by atoms with Crippen LogP contribution in [0.5, 0.6) is 0 Å². The summed E-state index contributed by atoms with van der Waals surface area (Å²) in [5.41, 5.74) is 2.00. The number of thioether (sulfide) groups is 1. The third kappa shape index (κ3) is 7.01. The van der Waals surface area contributed by atoms with E-state index in [9.17, 15) is 9.59 Å². The van der Waals surface area contributed by atoms with Gasteiger partial charge in [0.2, 0.25) is 5.91 Å². The van der Waals surface area contributed by atoms with Crippen LogP contribution in [0.15, 0.2) is 59.5 Å². The Hall–Kier alpha value is -2.51. The molecule has 0 aliphatic carbocycles. The van der Waals surface area contributed by atoms with Gasteiger partial charge < -0.3 is 15.5 Å². The van der Waals surface area contributed by atoms with E-state index in [-0.39, 0.29) is 11.9 Å². The number of piperazine rings is 1. The zero-order chi connectivity index (χ0) is 22.1. The Morgan fingerprint density at radius 3 is 2.29 bits per heavy atom. The lowest BCUT2D eigenvalue weighted by Crippen LogP contribution is -2.55. The Labute approximate surface area is 189 Å². The first-order valence-electron chi connectivity index (χ1n) is 10.9. The minimum Gasteiger partial charge on any atom is -0.338 e. The van der Waals surface area contributed by atoms with Crippen molar-refractivity contribution in [2.24, 2.45) is 0 Å². The molecule has 0 aromatic heterocycles. The standard InChI is InChI=1S/C24H32N4O2S/c1-3-7-22(26-24(30)25-20-10-12-21(31-2)13-11-20)23(29)28-16-14-27(15-17-28)18-19-8-5-4-6-9-19/h4-6,8-13,22H,3,7,14-18H2,1-2H3,(H2,25,26,30). The monoisotopic (exact) mass is 440 g/mol. The van der Waals surface area contributed by atoms with Crippen LogP contribution < -0.4 is 10.6 Å². The molecule has 6 nitrogen and oxygen atoms in total. The summed E-state index contributed by atoms with van der Waals surface area (Å²) in [6.45, 7) is 5.98. The van der Waals surface area contributed by atoms with Crippen LogP contribution in [0.4, 0.5) is 10.5 Å². The number of nitrogens with one attached hydrogen (secondary N) is 2. The Morgan fingerprint density at radius 1 is 1.00 bits per heavy atom. The van der Waals surface area contributed by atoms with Gasteiger partial charge in [-0.1, -0.05) is 43.7 Å². The first kappa shape index (κ1) is 23.2. The summed E-state index contributed by atoms with van der Waals surface area (Å²) >= 11 is 1.65. The maximum Gasteiger partial charge on any atom is 0.319 e. The van der Waals surface area contributed by atoms with E-state index in [0.29, 0.717) is 25.2 Å². The normalized spacial score (nSPS) is 15.4. The Balaban J connectivity index is 1.50. The molecule has 2 N–H and O–H groups in total. The maximum atomic E-state index is 13.1. The first-order valence-corrected chi connectivity index (χ1v) is 12.1. The van der Waals surface area contributed by atoms with Crippen LogP contribution in [0.3, 0.4) is 0 Å². The molecule has 1 saturated heterocycles. The smallest absolute Gasteiger partial charge is 0.319 e. The fourth-order valence-corrected chi connectivity index (χ4v) is 4.14. The lowest BCUT2D eigenvalue weighted by Gasteiger charge is -2.36. The van der Waals surface area contributed by atoms with Crippen molar-refractivity contribution in [1.29, 1.82) is 0 Å². The van der Waals surface area contributed by atoms with Gasteiger partial charge in [-0.3, -0.25) is 9.69 Å². The topological polar surface area (TPSA) is 64.7 Å². The number of urea groups is 1. The summed E-state index contributed by atoms with van der Waals surface area (Å²) in [6.07, 6.45) is 3.46. The molecule has 1 atom stereocenters. The highest BCUT2D eigenvalue weighted by Crippen LogP contribution is 2.17. The van der Waals surface area contributed by atoms with Gasteiger partial charge in [-0.25, -0.2) is 4.79 Å². The summed E-state index contributed by atoms with van der Waals surface area (Å²) in [6, 6.07) is 17.2. The van der Waals surface area contributed by atoms with Crippen LogP contribution in [0.2, 0.25) is 0 Å². The molecule has 0 spiro atoms. The number of nitrogens with zero attached hydrogens (tertiary/aromatic N) is 2. The molecular formula is C24H32N4O2S. The molecule has 1 fully saturated rings. The van der Waals surface area contributed by atoms with E-state index >= 15 is 0 Å². The molecule has 1 aliphatic rings. The average molecular weight is 441 g/mol. The van der Waals surface area contributed by atoms with Crippen molar-refractivity contribution in [3.8, 4) is 0 Å². The van der Waals surface area contributed by atoms with Crippen molar-refractivity contribution in [3.05, 3.63) is 60.2 Å². The highest BCUT2D eigenvalue weighted by atomic mass is 32.2.